The third-order valence-electron chi connectivity index (χ3n) is 5.38. The Bertz CT molecular complexity index is 703. The normalized spacial score (nSPS) is 22.8. The Morgan fingerprint density at radius 2 is 1.80 bits per heavy atom. The van der Waals surface area contributed by atoms with E-state index in [9.17, 15) is 19.7 Å². The maximum absolute atomic E-state index is 12.9. The molecule has 1 saturated heterocycles. The number of hydrogen-bond acceptors (Lipinski definition) is 5. The number of fused-ring (bicyclic) bond motifs is 1. The highest BCUT2D eigenvalue weighted by Crippen LogP contribution is 2.36. The van der Waals surface area contributed by atoms with Crippen molar-refractivity contribution in [3.63, 3.8) is 0 Å². The number of nitrogens with zero attached hydrogens (tertiary/aromatic N) is 2. The van der Waals surface area contributed by atoms with Gasteiger partial charge in [0.25, 0.3) is 11.6 Å². The van der Waals surface area contributed by atoms with Crippen molar-refractivity contribution in [2.24, 2.45) is 11.8 Å². The molecule has 0 spiro atoms. The number of rotatable bonds is 3. The van der Waals surface area contributed by atoms with E-state index in [0.29, 0.717) is 24.9 Å². The van der Waals surface area contributed by atoms with E-state index >= 15 is 0 Å². The highest BCUT2D eigenvalue weighted by molar-refractivity contribution is 5.99. The van der Waals surface area contributed by atoms with E-state index in [1.54, 1.807) is 4.90 Å². The van der Waals surface area contributed by atoms with E-state index in [-0.39, 0.29) is 22.7 Å². The molecule has 0 radical (unpaired) electrons. The van der Waals surface area contributed by atoms with Gasteiger partial charge in [0.05, 0.1) is 17.6 Å². The van der Waals surface area contributed by atoms with Crippen LogP contribution in [-0.4, -0.2) is 41.9 Å². The molecule has 2 aliphatic rings. The maximum atomic E-state index is 12.9. The van der Waals surface area contributed by atoms with Crippen LogP contribution in [0.4, 0.5) is 5.69 Å². The number of nitro groups is 1. The highest BCUT2D eigenvalue weighted by atomic mass is 16.6. The fraction of sp³-hybridized carbons (Fsp3) is 0.556. The van der Waals surface area contributed by atoms with Gasteiger partial charge in [0, 0.05) is 30.8 Å². The molecule has 7 heteroatoms. The zero-order valence-electron chi connectivity index (χ0n) is 14.3. The van der Waals surface area contributed by atoms with Crippen molar-refractivity contribution in [3.05, 3.63) is 39.4 Å². The number of benzene rings is 1. The summed E-state index contributed by atoms with van der Waals surface area (Å²) < 4.78 is 4.64. The van der Waals surface area contributed by atoms with Crippen LogP contribution in [0.5, 0.6) is 0 Å². The van der Waals surface area contributed by atoms with Crippen LogP contribution in [0.3, 0.4) is 0 Å². The molecule has 0 bridgehead atoms. The van der Waals surface area contributed by atoms with Crippen molar-refractivity contribution in [1.82, 2.24) is 4.90 Å². The summed E-state index contributed by atoms with van der Waals surface area (Å²) in [5, 5.41) is 11.1. The van der Waals surface area contributed by atoms with Gasteiger partial charge in [0.15, 0.2) is 0 Å². The fourth-order valence-electron chi connectivity index (χ4n) is 4.04. The molecule has 0 aromatic heterocycles. The first-order valence-electron chi connectivity index (χ1n) is 8.66. The van der Waals surface area contributed by atoms with E-state index < -0.39 is 10.9 Å². The molecule has 2 fully saturated rings. The van der Waals surface area contributed by atoms with Gasteiger partial charge < -0.3 is 9.64 Å². The minimum atomic E-state index is -0.691. The number of piperidine rings is 1. The lowest BCUT2D eigenvalue weighted by Gasteiger charge is -2.41. The van der Waals surface area contributed by atoms with E-state index in [2.05, 4.69) is 4.74 Å². The van der Waals surface area contributed by atoms with E-state index in [1.165, 1.54) is 38.5 Å². The summed E-state index contributed by atoms with van der Waals surface area (Å²) in [6.45, 7) is 1.36. The molecule has 1 aromatic carbocycles. The van der Waals surface area contributed by atoms with Gasteiger partial charge in [-0.25, -0.2) is 4.79 Å². The van der Waals surface area contributed by atoms with Gasteiger partial charge in [0.1, 0.15) is 0 Å². The van der Waals surface area contributed by atoms with Crippen molar-refractivity contribution in [2.75, 3.05) is 20.2 Å². The quantitative estimate of drug-likeness (QED) is 0.477. The van der Waals surface area contributed by atoms with E-state index in [4.69, 9.17) is 0 Å². The molecular formula is C18H22N2O5. The highest BCUT2D eigenvalue weighted by Gasteiger charge is 2.33. The second-order valence-electron chi connectivity index (χ2n) is 6.86. The van der Waals surface area contributed by atoms with Gasteiger partial charge in [-0.1, -0.05) is 19.3 Å². The molecule has 134 valence electrons. The smallest absolute Gasteiger partial charge is 0.338 e. The van der Waals surface area contributed by atoms with E-state index in [1.807, 2.05) is 0 Å². The molecule has 3 rings (SSSR count). The molecular weight excluding hydrogens is 324 g/mol. The number of ether oxygens (including phenoxy) is 1. The van der Waals surface area contributed by atoms with Crippen molar-refractivity contribution >= 4 is 17.6 Å². The maximum Gasteiger partial charge on any atom is 0.338 e. The summed E-state index contributed by atoms with van der Waals surface area (Å²) in [4.78, 5) is 36.9. The van der Waals surface area contributed by atoms with Crippen molar-refractivity contribution < 1.29 is 19.2 Å². The van der Waals surface area contributed by atoms with Crippen LogP contribution in [0.15, 0.2) is 18.2 Å². The first-order chi connectivity index (χ1) is 12.0. The Labute approximate surface area is 146 Å². The average Bonchev–Trinajstić information content (AvgIpc) is 2.65. The average molecular weight is 346 g/mol. The number of likely N-dealkylation sites (tertiary alicyclic amines) is 1. The number of hydrogen-bond donors (Lipinski definition) is 0. The van der Waals surface area contributed by atoms with Crippen LogP contribution < -0.4 is 0 Å². The first-order valence-corrected chi connectivity index (χ1v) is 8.66. The van der Waals surface area contributed by atoms with Crippen molar-refractivity contribution in [3.8, 4) is 0 Å². The standard InChI is InChI=1S/C18H22N2O5/c1-25-18(22)15-8-14(9-16(10-15)20(23)24)17(21)19-7-6-12-4-2-3-5-13(12)11-19/h8-10,12-13H,2-7,11H2,1H3/t12-,13-/m1/s1. The second-order valence-corrected chi connectivity index (χ2v) is 6.86. The molecule has 0 N–H and O–H groups in total. The van der Waals surface area contributed by atoms with Gasteiger partial charge in [-0.2, -0.15) is 0 Å². The molecule has 1 aliphatic carbocycles. The topological polar surface area (TPSA) is 89.8 Å². The Balaban J connectivity index is 1.84. The van der Waals surface area contributed by atoms with Crippen LogP contribution in [-0.2, 0) is 4.74 Å². The SMILES string of the molecule is COC(=O)c1cc(C(=O)N2CC[C@H]3CCCC[C@@H]3C2)cc([N+](=O)[O-])c1. The van der Waals surface area contributed by atoms with Crippen LogP contribution in [0.25, 0.3) is 0 Å². The lowest BCUT2D eigenvalue weighted by Crippen LogP contribution is -2.44. The minimum absolute atomic E-state index is 0.0209. The Morgan fingerprint density at radius 3 is 2.48 bits per heavy atom. The third kappa shape index (κ3) is 3.65. The van der Waals surface area contributed by atoms with Crippen LogP contribution in [0.1, 0.15) is 52.8 Å². The summed E-state index contributed by atoms with van der Waals surface area (Å²) in [7, 11) is 1.20. The summed E-state index contributed by atoms with van der Waals surface area (Å²) in [5.41, 5.74) is -0.0877. The zero-order valence-corrected chi connectivity index (χ0v) is 14.3. The Hall–Kier alpha value is -2.44. The Kier molecular flexibility index (Phi) is 5.01. The molecule has 25 heavy (non-hydrogen) atoms. The monoisotopic (exact) mass is 346 g/mol. The molecule has 1 aromatic rings. The van der Waals surface area contributed by atoms with Crippen LogP contribution in [0, 0.1) is 22.0 Å². The first kappa shape index (κ1) is 17.4. The summed E-state index contributed by atoms with van der Waals surface area (Å²) >= 11 is 0. The molecule has 1 heterocycles. The third-order valence-corrected chi connectivity index (χ3v) is 5.38. The number of non-ortho nitro benzene ring substituents is 1. The predicted molar refractivity (Wildman–Crippen MR) is 90.4 cm³/mol. The fourth-order valence-corrected chi connectivity index (χ4v) is 4.04. The number of esters is 1. The van der Waals surface area contributed by atoms with Gasteiger partial charge in [-0.15, -0.1) is 0 Å². The Morgan fingerprint density at radius 1 is 1.12 bits per heavy atom. The van der Waals surface area contributed by atoms with Gasteiger partial charge in [-0.05, 0) is 30.7 Å². The summed E-state index contributed by atoms with van der Waals surface area (Å²) in [6.07, 6.45) is 5.82. The minimum Gasteiger partial charge on any atom is -0.465 e. The van der Waals surface area contributed by atoms with Crippen LogP contribution in [0.2, 0.25) is 0 Å². The molecule has 1 amide bonds. The van der Waals surface area contributed by atoms with Gasteiger partial charge in [0.2, 0.25) is 0 Å². The molecule has 1 aliphatic heterocycles. The molecule has 0 unspecified atom stereocenters. The van der Waals surface area contributed by atoms with Crippen molar-refractivity contribution in [1.29, 1.82) is 0 Å². The lowest BCUT2D eigenvalue weighted by molar-refractivity contribution is -0.384. The summed E-state index contributed by atoms with van der Waals surface area (Å²) in [6, 6.07) is 3.76. The van der Waals surface area contributed by atoms with Crippen LogP contribution >= 0.6 is 0 Å². The largest absolute Gasteiger partial charge is 0.465 e. The number of carbonyl (C=O) groups excluding carboxylic acids is 2. The second kappa shape index (κ2) is 7.21. The zero-order chi connectivity index (χ0) is 18.0. The number of methoxy groups -OCH3 is 1. The molecule has 1 saturated carbocycles. The molecule has 2 atom stereocenters. The lowest BCUT2D eigenvalue weighted by atomic mass is 9.75. The number of carbonyl (C=O) groups is 2. The van der Waals surface area contributed by atoms with Gasteiger partial charge >= 0.3 is 5.97 Å². The molecule has 7 nitrogen and oxygen atoms in total. The van der Waals surface area contributed by atoms with Crippen molar-refractivity contribution in [2.45, 2.75) is 32.1 Å². The van der Waals surface area contributed by atoms with E-state index in [0.717, 1.165) is 18.9 Å². The number of amides is 1. The predicted octanol–water partition coefficient (Wildman–Crippen LogP) is 3.03. The number of nitro benzene ring substituents is 1. The summed E-state index contributed by atoms with van der Waals surface area (Å²) in [5.74, 6) is 0.264. The van der Waals surface area contributed by atoms with Gasteiger partial charge in [-0.3, -0.25) is 14.9 Å².